The Bertz CT molecular complexity index is 1140. The molecule has 2 heteroatoms. The molecule has 4 rings (SSSR count). The number of hydrogen-bond donors (Lipinski definition) is 0. The first-order valence-electron chi connectivity index (χ1n) is 10.7. The van der Waals surface area contributed by atoms with Gasteiger partial charge in [0.25, 0.3) is 0 Å². The zero-order chi connectivity index (χ0) is 20.9. The summed E-state index contributed by atoms with van der Waals surface area (Å²) in [4.78, 5) is 0. The molecule has 4 aromatic rings. The van der Waals surface area contributed by atoms with Gasteiger partial charge in [0, 0.05) is 5.56 Å². The van der Waals surface area contributed by atoms with Crippen molar-refractivity contribution in [3.63, 3.8) is 0 Å². The molecule has 0 aliphatic carbocycles. The fourth-order valence-corrected chi connectivity index (χ4v) is 3.94. The van der Waals surface area contributed by atoms with Crippen LogP contribution >= 0.6 is 0 Å². The Morgan fingerprint density at radius 3 is 2.03 bits per heavy atom. The van der Waals surface area contributed by atoms with Crippen LogP contribution in [-0.2, 0) is 6.42 Å². The number of hydrogen-bond acceptors (Lipinski definition) is 0. The van der Waals surface area contributed by atoms with Gasteiger partial charge in [-0.25, -0.2) is 8.78 Å². The Hall–Kier alpha value is -3.00. The van der Waals surface area contributed by atoms with Gasteiger partial charge in [-0.15, -0.1) is 0 Å². The maximum Gasteiger partial charge on any atom is 0.131 e. The van der Waals surface area contributed by atoms with E-state index >= 15 is 0 Å². The van der Waals surface area contributed by atoms with Gasteiger partial charge in [-0.05, 0) is 70.1 Å². The van der Waals surface area contributed by atoms with Gasteiger partial charge in [0.05, 0.1) is 0 Å². The molecule has 0 amide bonds. The Kier molecular flexibility index (Phi) is 6.23. The molecule has 0 saturated heterocycles. The zero-order valence-electron chi connectivity index (χ0n) is 17.3. The third-order valence-electron chi connectivity index (χ3n) is 5.68. The highest BCUT2D eigenvalue weighted by atomic mass is 19.1. The van der Waals surface area contributed by atoms with Crippen LogP contribution in [0.5, 0.6) is 0 Å². The van der Waals surface area contributed by atoms with E-state index in [1.165, 1.54) is 48.8 Å². The molecule has 0 nitrogen and oxygen atoms in total. The average molecular weight is 401 g/mol. The van der Waals surface area contributed by atoms with Crippen LogP contribution < -0.4 is 0 Å². The monoisotopic (exact) mass is 400 g/mol. The van der Waals surface area contributed by atoms with Gasteiger partial charge in [-0.2, -0.15) is 0 Å². The quantitative estimate of drug-likeness (QED) is 0.273. The number of halogens is 2. The molecule has 30 heavy (non-hydrogen) atoms. The Morgan fingerprint density at radius 1 is 0.600 bits per heavy atom. The lowest BCUT2D eigenvalue weighted by Crippen LogP contribution is -1.88. The topological polar surface area (TPSA) is 0 Å². The van der Waals surface area contributed by atoms with Gasteiger partial charge in [0.1, 0.15) is 11.6 Å². The van der Waals surface area contributed by atoms with Gasteiger partial charge in [0.15, 0.2) is 0 Å². The van der Waals surface area contributed by atoms with E-state index < -0.39 is 0 Å². The molecule has 0 atom stereocenters. The molecular weight excluding hydrogens is 374 g/mol. The number of fused-ring (bicyclic) bond motifs is 1. The molecule has 0 N–H and O–H groups in total. The van der Waals surface area contributed by atoms with Crippen LogP contribution in [-0.4, -0.2) is 0 Å². The lowest BCUT2D eigenvalue weighted by atomic mass is 9.96. The van der Waals surface area contributed by atoms with Gasteiger partial charge in [-0.3, -0.25) is 0 Å². The van der Waals surface area contributed by atoms with Crippen LogP contribution in [0.1, 0.15) is 38.2 Å². The Labute approximate surface area is 177 Å². The van der Waals surface area contributed by atoms with Crippen molar-refractivity contribution in [2.24, 2.45) is 0 Å². The summed E-state index contributed by atoms with van der Waals surface area (Å²) in [5.74, 6) is -0.627. The highest BCUT2D eigenvalue weighted by Gasteiger charge is 2.08. The van der Waals surface area contributed by atoms with Crippen molar-refractivity contribution in [2.75, 3.05) is 0 Å². The van der Waals surface area contributed by atoms with E-state index in [9.17, 15) is 8.78 Å². The number of unbranched alkanes of at least 4 members (excludes halogenated alkanes) is 3. The summed E-state index contributed by atoms with van der Waals surface area (Å²) >= 11 is 0. The molecule has 0 aliphatic heterocycles. The molecule has 0 bridgehead atoms. The predicted molar refractivity (Wildman–Crippen MR) is 123 cm³/mol. The minimum atomic E-state index is -0.323. The summed E-state index contributed by atoms with van der Waals surface area (Å²) in [7, 11) is 0. The summed E-state index contributed by atoms with van der Waals surface area (Å²) in [6.07, 6.45) is 6.19. The molecule has 0 aliphatic rings. The fraction of sp³-hybridized carbons (Fsp3) is 0.214. The van der Waals surface area contributed by atoms with E-state index in [0.29, 0.717) is 11.1 Å². The third-order valence-corrected chi connectivity index (χ3v) is 5.68. The highest BCUT2D eigenvalue weighted by Crippen LogP contribution is 2.30. The van der Waals surface area contributed by atoms with Gasteiger partial charge in [0.2, 0.25) is 0 Å². The van der Waals surface area contributed by atoms with Crippen molar-refractivity contribution >= 4 is 10.8 Å². The first kappa shape index (κ1) is 20.3. The molecule has 0 saturated carbocycles. The standard InChI is InChI=1S/C28H26F2/c1-2-3-4-5-6-20-7-8-23-18-24(10-9-22(23)17-20)25-13-16-27(28(30)19-25)21-11-14-26(29)15-12-21/h7-19H,2-6H2,1H3. The number of aryl methyl sites for hydroxylation is 1. The van der Waals surface area contributed by atoms with Crippen molar-refractivity contribution in [3.05, 3.63) is 96.1 Å². The van der Waals surface area contributed by atoms with Gasteiger partial charge >= 0.3 is 0 Å². The summed E-state index contributed by atoms with van der Waals surface area (Å²) in [5, 5.41) is 2.38. The molecule has 0 spiro atoms. The Balaban J connectivity index is 1.56. The minimum Gasteiger partial charge on any atom is -0.207 e. The van der Waals surface area contributed by atoms with Crippen molar-refractivity contribution in [1.82, 2.24) is 0 Å². The molecule has 4 aromatic carbocycles. The van der Waals surface area contributed by atoms with E-state index in [1.54, 1.807) is 24.3 Å². The fourth-order valence-electron chi connectivity index (χ4n) is 3.94. The largest absolute Gasteiger partial charge is 0.207 e. The van der Waals surface area contributed by atoms with Crippen molar-refractivity contribution < 1.29 is 8.78 Å². The minimum absolute atomic E-state index is 0.304. The van der Waals surface area contributed by atoms with E-state index in [1.807, 2.05) is 6.07 Å². The smallest absolute Gasteiger partial charge is 0.131 e. The molecule has 0 aromatic heterocycles. The molecule has 0 fully saturated rings. The van der Waals surface area contributed by atoms with Crippen molar-refractivity contribution in [3.8, 4) is 22.3 Å². The summed E-state index contributed by atoms with van der Waals surface area (Å²) in [6, 6.07) is 24.1. The lowest BCUT2D eigenvalue weighted by Gasteiger charge is -2.09. The molecule has 0 heterocycles. The van der Waals surface area contributed by atoms with Crippen LogP contribution in [0, 0.1) is 11.6 Å². The first-order chi connectivity index (χ1) is 14.6. The summed E-state index contributed by atoms with van der Waals surface area (Å²) < 4.78 is 27.9. The first-order valence-corrected chi connectivity index (χ1v) is 10.7. The molecule has 0 radical (unpaired) electrons. The van der Waals surface area contributed by atoms with Crippen LogP contribution in [0.3, 0.4) is 0 Å². The van der Waals surface area contributed by atoms with E-state index in [4.69, 9.17) is 0 Å². The second-order valence-electron chi connectivity index (χ2n) is 7.91. The SMILES string of the molecule is CCCCCCc1ccc2cc(-c3ccc(-c4ccc(F)cc4)c(F)c3)ccc2c1. The third kappa shape index (κ3) is 4.59. The van der Waals surface area contributed by atoms with Crippen LogP contribution in [0.2, 0.25) is 0 Å². The number of benzene rings is 4. The second kappa shape index (κ2) is 9.21. The normalized spacial score (nSPS) is 11.2. The highest BCUT2D eigenvalue weighted by molar-refractivity contribution is 5.88. The van der Waals surface area contributed by atoms with E-state index in [0.717, 1.165) is 22.9 Å². The predicted octanol–water partition coefficient (Wildman–Crippen LogP) is 8.57. The Morgan fingerprint density at radius 2 is 1.27 bits per heavy atom. The van der Waals surface area contributed by atoms with Crippen molar-refractivity contribution in [1.29, 1.82) is 0 Å². The summed E-state index contributed by atoms with van der Waals surface area (Å²) in [6.45, 7) is 2.23. The summed E-state index contributed by atoms with van der Waals surface area (Å²) in [5.41, 5.74) is 4.35. The lowest BCUT2D eigenvalue weighted by molar-refractivity contribution is 0.626. The zero-order valence-corrected chi connectivity index (χ0v) is 17.3. The maximum atomic E-state index is 14.8. The average Bonchev–Trinajstić information content (AvgIpc) is 2.77. The van der Waals surface area contributed by atoms with Crippen LogP contribution in [0.4, 0.5) is 8.78 Å². The molecular formula is C28H26F2. The van der Waals surface area contributed by atoms with Gasteiger partial charge in [-0.1, -0.05) is 80.8 Å². The maximum absolute atomic E-state index is 14.8. The molecule has 152 valence electrons. The van der Waals surface area contributed by atoms with Gasteiger partial charge < -0.3 is 0 Å². The number of rotatable bonds is 7. The van der Waals surface area contributed by atoms with Crippen LogP contribution in [0.15, 0.2) is 78.9 Å². The van der Waals surface area contributed by atoms with Crippen LogP contribution in [0.25, 0.3) is 33.0 Å². The van der Waals surface area contributed by atoms with E-state index in [-0.39, 0.29) is 11.6 Å². The molecule has 0 unspecified atom stereocenters. The van der Waals surface area contributed by atoms with E-state index in [2.05, 4.69) is 43.3 Å². The van der Waals surface area contributed by atoms with Crippen molar-refractivity contribution in [2.45, 2.75) is 39.0 Å². The second-order valence-corrected chi connectivity index (χ2v) is 7.91.